The Kier molecular flexibility index (Phi) is 8.53. The van der Waals surface area contributed by atoms with Gasteiger partial charge in [-0.05, 0) is 88.2 Å². The standard InChI is InChI=1S/C28H33N5O2/c1-33(2)18-8-11-27(34)31-22-14-17-26-25(19-22)28(30-20-29-26)32-21-12-15-24(16-13-21)35-23-9-6-4-3-5-7-10-23/h12-17,19-20,23H,3-7,9-10,18H2,1-2H3,(H,31,34)(H,29,30,32). The zero-order valence-corrected chi connectivity index (χ0v) is 20.5. The fourth-order valence-corrected chi connectivity index (χ4v) is 4.16. The second-order valence-corrected chi connectivity index (χ2v) is 9.18. The minimum absolute atomic E-state index is 0.307. The molecule has 1 fully saturated rings. The van der Waals surface area contributed by atoms with Crippen LogP contribution in [0.1, 0.15) is 44.9 Å². The van der Waals surface area contributed by atoms with Gasteiger partial charge in [-0.3, -0.25) is 9.69 Å². The molecule has 182 valence electrons. The van der Waals surface area contributed by atoms with Crippen LogP contribution in [-0.4, -0.2) is 47.5 Å². The third kappa shape index (κ3) is 7.43. The summed E-state index contributed by atoms with van der Waals surface area (Å²) in [4.78, 5) is 22.8. The van der Waals surface area contributed by atoms with Crippen LogP contribution in [0, 0.1) is 11.8 Å². The van der Waals surface area contributed by atoms with Gasteiger partial charge >= 0.3 is 0 Å². The van der Waals surface area contributed by atoms with Crippen LogP contribution in [0.15, 0.2) is 48.8 Å². The van der Waals surface area contributed by atoms with Gasteiger partial charge in [-0.1, -0.05) is 25.2 Å². The van der Waals surface area contributed by atoms with Crippen molar-refractivity contribution in [2.45, 2.75) is 51.0 Å². The number of anilines is 3. The van der Waals surface area contributed by atoms with E-state index in [4.69, 9.17) is 4.74 Å². The summed E-state index contributed by atoms with van der Waals surface area (Å²) in [6, 6.07) is 13.5. The highest BCUT2D eigenvalue weighted by atomic mass is 16.5. The van der Waals surface area contributed by atoms with Crippen molar-refractivity contribution >= 4 is 34.0 Å². The number of nitrogens with one attached hydrogen (secondary N) is 2. The molecule has 0 radical (unpaired) electrons. The topological polar surface area (TPSA) is 79.4 Å². The Morgan fingerprint density at radius 3 is 2.46 bits per heavy atom. The number of aromatic nitrogens is 2. The van der Waals surface area contributed by atoms with Crippen LogP contribution >= 0.6 is 0 Å². The molecule has 0 atom stereocenters. The third-order valence-electron chi connectivity index (χ3n) is 5.96. The van der Waals surface area contributed by atoms with Gasteiger partial charge in [0, 0.05) is 16.8 Å². The number of rotatable bonds is 6. The average Bonchev–Trinajstić information content (AvgIpc) is 2.82. The number of fused-ring (bicyclic) bond motifs is 1. The predicted molar refractivity (Wildman–Crippen MR) is 141 cm³/mol. The summed E-state index contributed by atoms with van der Waals surface area (Å²) in [6.45, 7) is 0.525. The maximum Gasteiger partial charge on any atom is 0.300 e. The van der Waals surface area contributed by atoms with E-state index in [0.717, 1.165) is 35.2 Å². The molecule has 7 heteroatoms. The van der Waals surface area contributed by atoms with Gasteiger partial charge in [0.15, 0.2) is 0 Å². The van der Waals surface area contributed by atoms with Crippen molar-refractivity contribution in [3.8, 4) is 17.6 Å². The summed E-state index contributed by atoms with van der Waals surface area (Å²) in [5.41, 5.74) is 2.32. The molecule has 1 saturated carbocycles. The Balaban J connectivity index is 1.44. The van der Waals surface area contributed by atoms with Crippen molar-refractivity contribution in [3.63, 3.8) is 0 Å². The minimum Gasteiger partial charge on any atom is -0.490 e. The second-order valence-electron chi connectivity index (χ2n) is 9.18. The molecule has 1 amide bonds. The van der Waals surface area contributed by atoms with Crippen LogP contribution in [0.2, 0.25) is 0 Å². The lowest BCUT2D eigenvalue weighted by Gasteiger charge is -2.21. The summed E-state index contributed by atoms with van der Waals surface area (Å²) in [6.07, 6.45) is 10.6. The molecule has 4 rings (SSSR count). The number of hydrogen-bond donors (Lipinski definition) is 2. The predicted octanol–water partition coefficient (Wildman–Crippen LogP) is 5.37. The van der Waals surface area contributed by atoms with E-state index >= 15 is 0 Å². The van der Waals surface area contributed by atoms with Crippen LogP contribution in [0.5, 0.6) is 5.75 Å². The fourth-order valence-electron chi connectivity index (χ4n) is 4.16. The molecule has 1 aliphatic carbocycles. The van der Waals surface area contributed by atoms with Gasteiger partial charge < -0.3 is 15.4 Å². The molecule has 0 bridgehead atoms. The van der Waals surface area contributed by atoms with Crippen molar-refractivity contribution in [3.05, 3.63) is 48.8 Å². The van der Waals surface area contributed by atoms with E-state index < -0.39 is 0 Å². The van der Waals surface area contributed by atoms with Crippen molar-refractivity contribution in [2.24, 2.45) is 0 Å². The molecule has 35 heavy (non-hydrogen) atoms. The summed E-state index contributed by atoms with van der Waals surface area (Å²) in [5.74, 6) is 6.66. The van der Waals surface area contributed by atoms with Gasteiger partial charge in [-0.2, -0.15) is 0 Å². The average molecular weight is 472 g/mol. The molecule has 0 spiro atoms. The summed E-state index contributed by atoms with van der Waals surface area (Å²) in [7, 11) is 3.81. The van der Waals surface area contributed by atoms with E-state index in [1.807, 2.05) is 61.5 Å². The number of benzene rings is 2. The molecule has 0 saturated heterocycles. The first-order valence-corrected chi connectivity index (χ1v) is 12.3. The number of carbonyl (C=O) groups excluding carboxylic acids is 1. The van der Waals surface area contributed by atoms with Crippen molar-refractivity contribution < 1.29 is 9.53 Å². The minimum atomic E-state index is -0.350. The quantitative estimate of drug-likeness (QED) is 0.471. The number of amides is 1. The molecule has 2 N–H and O–H groups in total. The van der Waals surface area contributed by atoms with Gasteiger partial charge in [-0.15, -0.1) is 0 Å². The van der Waals surface area contributed by atoms with Crippen LogP contribution < -0.4 is 15.4 Å². The van der Waals surface area contributed by atoms with Crippen molar-refractivity contribution in [1.29, 1.82) is 0 Å². The monoisotopic (exact) mass is 471 g/mol. The molecule has 0 aliphatic heterocycles. The SMILES string of the molecule is CN(C)CC#CC(=O)Nc1ccc2ncnc(Nc3ccc(OC4CCCCCCC4)cc3)c2c1. The Bertz CT molecular complexity index is 1190. The first kappa shape index (κ1) is 24.5. The summed E-state index contributed by atoms with van der Waals surface area (Å²) < 4.78 is 6.25. The number of carbonyl (C=O) groups is 1. The molecular weight excluding hydrogens is 438 g/mol. The number of nitrogens with zero attached hydrogens (tertiary/aromatic N) is 3. The van der Waals surface area contributed by atoms with Gasteiger partial charge in [0.2, 0.25) is 0 Å². The zero-order chi connectivity index (χ0) is 24.5. The van der Waals surface area contributed by atoms with E-state index in [2.05, 4.69) is 32.4 Å². The molecule has 1 aliphatic rings. The van der Waals surface area contributed by atoms with Gasteiger partial charge in [0.1, 0.15) is 17.9 Å². The highest BCUT2D eigenvalue weighted by Gasteiger charge is 2.13. The smallest absolute Gasteiger partial charge is 0.300 e. The van der Waals surface area contributed by atoms with Gasteiger partial charge in [-0.25, -0.2) is 9.97 Å². The van der Waals surface area contributed by atoms with Crippen LogP contribution in [0.25, 0.3) is 10.9 Å². The highest BCUT2D eigenvalue weighted by molar-refractivity contribution is 6.05. The normalized spacial score (nSPS) is 14.5. The van der Waals surface area contributed by atoms with Crippen LogP contribution in [-0.2, 0) is 4.79 Å². The van der Waals surface area contributed by atoms with Crippen LogP contribution in [0.3, 0.4) is 0 Å². The molecule has 1 heterocycles. The van der Waals surface area contributed by atoms with E-state index in [1.54, 1.807) is 0 Å². The van der Waals surface area contributed by atoms with E-state index in [9.17, 15) is 4.79 Å². The third-order valence-corrected chi connectivity index (χ3v) is 5.96. The van der Waals surface area contributed by atoms with Crippen LogP contribution in [0.4, 0.5) is 17.2 Å². The van der Waals surface area contributed by atoms with Gasteiger partial charge in [0.25, 0.3) is 5.91 Å². The lowest BCUT2D eigenvalue weighted by molar-refractivity contribution is -0.111. The maximum absolute atomic E-state index is 12.2. The van der Waals surface area contributed by atoms with E-state index in [0.29, 0.717) is 24.2 Å². The number of ether oxygens (including phenoxy) is 1. The number of hydrogen-bond acceptors (Lipinski definition) is 6. The molecular formula is C28H33N5O2. The Labute approximate surface area is 207 Å². The second kappa shape index (κ2) is 12.2. The van der Waals surface area contributed by atoms with Gasteiger partial charge in [0.05, 0.1) is 18.2 Å². The fraction of sp³-hybridized carbons (Fsp3) is 0.393. The molecule has 3 aromatic rings. The first-order valence-electron chi connectivity index (χ1n) is 12.3. The molecule has 2 aromatic carbocycles. The maximum atomic E-state index is 12.2. The largest absolute Gasteiger partial charge is 0.490 e. The Hall–Kier alpha value is -3.63. The molecule has 7 nitrogen and oxygen atoms in total. The van der Waals surface area contributed by atoms with Crippen molar-refractivity contribution in [1.82, 2.24) is 14.9 Å². The molecule has 0 unspecified atom stereocenters. The Morgan fingerprint density at radius 2 is 1.71 bits per heavy atom. The Morgan fingerprint density at radius 1 is 1.00 bits per heavy atom. The zero-order valence-electron chi connectivity index (χ0n) is 20.5. The summed E-state index contributed by atoms with van der Waals surface area (Å²) >= 11 is 0. The molecule has 1 aromatic heterocycles. The van der Waals surface area contributed by atoms with E-state index in [-0.39, 0.29) is 5.91 Å². The highest BCUT2D eigenvalue weighted by Crippen LogP contribution is 2.28. The lowest BCUT2D eigenvalue weighted by Crippen LogP contribution is -2.17. The first-order chi connectivity index (χ1) is 17.1. The lowest BCUT2D eigenvalue weighted by atomic mass is 9.98. The van der Waals surface area contributed by atoms with Crippen molar-refractivity contribution in [2.75, 3.05) is 31.3 Å². The summed E-state index contributed by atoms with van der Waals surface area (Å²) in [5, 5.41) is 7.00. The van der Waals surface area contributed by atoms with E-state index in [1.165, 1.54) is 38.4 Å².